The van der Waals surface area contributed by atoms with E-state index in [1.807, 2.05) is 6.07 Å². The average Bonchev–Trinajstić information content (AvgIpc) is 2.54. The molecule has 0 bridgehead atoms. The van der Waals surface area contributed by atoms with Crippen LogP contribution < -0.4 is 0 Å². The Balaban J connectivity index is 2.60. The number of hydrogen-bond donors (Lipinski definition) is 0. The summed E-state index contributed by atoms with van der Waals surface area (Å²) >= 11 is 6.41. The Bertz CT molecular complexity index is 984. The van der Waals surface area contributed by atoms with E-state index in [9.17, 15) is 13.7 Å². The third-order valence-corrected chi connectivity index (χ3v) is 6.05. The van der Waals surface area contributed by atoms with Crippen molar-refractivity contribution in [3.63, 3.8) is 0 Å². The highest BCUT2D eigenvalue weighted by Gasteiger charge is 2.23. The van der Waals surface area contributed by atoms with Crippen LogP contribution in [0.25, 0.3) is 6.08 Å². The second-order valence-electron chi connectivity index (χ2n) is 4.44. The molecule has 0 amide bonds. The van der Waals surface area contributed by atoms with Gasteiger partial charge in [-0.3, -0.25) is 0 Å². The lowest BCUT2D eigenvalue weighted by molar-refractivity contribution is 0.603. The first-order chi connectivity index (χ1) is 10.9. The lowest BCUT2D eigenvalue weighted by Gasteiger charge is -2.06. The average molecular weight is 452 g/mol. The first kappa shape index (κ1) is 17.4. The molecule has 114 valence electrons. The second-order valence-corrected chi connectivity index (χ2v) is 8.09. The van der Waals surface area contributed by atoms with Crippen LogP contribution >= 0.6 is 31.9 Å². The highest BCUT2D eigenvalue weighted by atomic mass is 79.9. The molecule has 0 aromatic heterocycles. The van der Waals surface area contributed by atoms with Crippen molar-refractivity contribution in [2.45, 2.75) is 4.90 Å². The summed E-state index contributed by atoms with van der Waals surface area (Å²) in [6.45, 7) is 0. The van der Waals surface area contributed by atoms with E-state index in [2.05, 4.69) is 31.9 Å². The minimum atomic E-state index is -3.98. The van der Waals surface area contributed by atoms with Crippen molar-refractivity contribution >= 4 is 47.8 Å². The molecule has 0 unspecified atom stereocenters. The van der Waals surface area contributed by atoms with Gasteiger partial charge in [0.1, 0.15) is 11.0 Å². The quantitative estimate of drug-likeness (QED) is 0.646. The molecule has 0 aliphatic heterocycles. The Morgan fingerprint density at radius 3 is 2.48 bits per heavy atom. The monoisotopic (exact) mass is 450 g/mol. The first-order valence-electron chi connectivity index (χ1n) is 6.20. The van der Waals surface area contributed by atoms with Gasteiger partial charge in [-0.25, -0.2) is 8.42 Å². The summed E-state index contributed by atoms with van der Waals surface area (Å²) in [7, 11) is -3.98. The SMILES string of the molecule is N#C/C(=C\c1cccc(C#N)c1)S(=O)(=O)c1cc(Br)ccc1Br. The number of sulfone groups is 1. The molecule has 0 spiro atoms. The second kappa shape index (κ2) is 7.10. The standard InChI is InChI=1S/C16H8Br2N2O2S/c17-13-4-5-15(18)16(8-13)23(21,22)14(10-20)7-11-2-1-3-12(6-11)9-19/h1-8H/b14-7+. The molecule has 0 heterocycles. The minimum absolute atomic E-state index is 0.00360. The van der Waals surface area contributed by atoms with Gasteiger partial charge in [0.15, 0.2) is 0 Å². The molecule has 23 heavy (non-hydrogen) atoms. The van der Waals surface area contributed by atoms with Gasteiger partial charge in [-0.2, -0.15) is 10.5 Å². The number of halogens is 2. The van der Waals surface area contributed by atoms with E-state index in [0.29, 0.717) is 20.1 Å². The van der Waals surface area contributed by atoms with Crippen molar-refractivity contribution in [1.29, 1.82) is 10.5 Å². The first-order valence-corrected chi connectivity index (χ1v) is 9.27. The molecule has 2 aromatic rings. The Morgan fingerprint density at radius 2 is 1.83 bits per heavy atom. The van der Waals surface area contributed by atoms with Gasteiger partial charge in [0.05, 0.1) is 16.5 Å². The van der Waals surface area contributed by atoms with Gasteiger partial charge in [-0.05, 0) is 57.9 Å². The molecule has 0 aliphatic rings. The fraction of sp³-hybridized carbons (Fsp3) is 0. The maximum atomic E-state index is 12.7. The van der Waals surface area contributed by atoms with E-state index in [-0.39, 0.29) is 4.90 Å². The molecular weight excluding hydrogens is 444 g/mol. The maximum absolute atomic E-state index is 12.7. The van der Waals surface area contributed by atoms with Crippen LogP contribution in [0.1, 0.15) is 11.1 Å². The molecule has 0 saturated heterocycles. The largest absolute Gasteiger partial charge is 0.218 e. The van der Waals surface area contributed by atoms with Crippen molar-refractivity contribution in [1.82, 2.24) is 0 Å². The number of rotatable bonds is 3. The van der Waals surface area contributed by atoms with Gasteiger partial charge in [-0.15, -0.1) is 0 Å². The van der Waals surface area contributed by atoms with Crippen molar-refractivity contribution in [3.05, 3.63) is 67.4 Å². The maximum Gasteiger partial charge on any atom is 0.217 e. The van der Waals surface area contributed by atoms with E-state index in [1.165, 1.54) is 18.2 Å². The molecule has 4 nitrogen and oxygen atoms in total. The normalized spacial score (nSPS) is 11.6. The third kappa shape index (κ3) is 3.89. The number of nitrogens with zero attached hydrogens (tertiary/aromatic N) is 2. The zero-order chi connectivity index (χ0) is 17.0. The molecule has 0 radical (unpaired) electrons. The Labute approximate surface area is 150 Å². The fourth-order valence-corrected chi connectivity index (χ4v) is 4.47. The van der Waals surface area contributed by atoms with Crippen molar-refractivity contribution in [2.75, 3.05) is 0 Å². The molecule has 0 fully saturated rings. The number of hydrogen-bond acceptors (Lipinski definition) is 4. The van der Waals surface area contributed by atoms with Crippen LogP contribution in [-0.4, -0.2) is 8.42 Å². The smallest absolute Gasteiger partial charge is 0.217 e. The summed E-state index contributed by atoms with van der Waals surface area (Å²) in [6, 6.07) is 14.8. The fourth-order valence-electron chi connectivity index (χ4n) is 1.82. The Kier molecular flexibility index (Phi) is 5.38. The molecular formula is C16H8Br2N2O2S. The highest BCUT2D eigenvalue weighted by molar-refractivity contribution is 9.11. The van der Waals surface area contributed by atoms with E-state index >= 15 is 0 Å². The molecule has 2 aromatic carbocycles. The number of nitriles is 2. The lowest BCUT2D eigenvalue weighted by atomic mass is 10.1. The summed E-state index contributed by atoms with van der Waals surface area (Å²) in [6.07, 6.45) is 1.25. The van der Waals surface area contributed by atoms with Gasteiger partial charge in [0.2, 0.25) is 9.84 Å². The summed E-state index contributed by atoms with van der Waals surface area (Å²) in [5.41, 5.74) is 0.854. The van der Waals surface area contributed by atoms with Gasteiger partial charge < -0.3 is 0 Å². The summed E-state index contributed by atoms with van der Waals surface area (Å²) in [4.78, 5) is -0.400. The highest BCUT2D eigenvalue weighted by Crippen LogP contribution is 2.30. The molecule has 2 rings (SSSR count). The molecule has 0 atom stereocenters. The van der Waals surface area contributed by atoms with Crippen molar-refractivity contribution < 1.29 is 8.42 Å². The van der Waals surface area contributed by atoms with E-state index in [4.69, 9.17) is 5.26 Å². The van der Waals surface area contributed by atoms with Crippen LogP contribution in [0.2, 0.25) is 0 Å². The zero-order valence-electron chi connectivity index (χ0n) is 11.5. The summed E-state index contributed by atoms with van der Waals surface area (Å²) in [5.74, 6) is 0. The summed E-state index contributed by atoms with van der Waals surface area (Å²) in [5, 5.41) is 18.2. The molecule has 0 N–H and O–H groups in total. The zero-order valence-corrected chi connectivity index (χ0v) is 15.5. The van der Waals surface area contributed by atoms with Gasteiger partial charge in [-0.1, -0.05) is 28.1 Å². The van der Waals surface area contributed by atoms with Gasteiger partial charge >= 0.3 is 0 Å². The van der Waals surface area contributed by atoms with Crippen LogP contribution in [0, 0.1) is 22.7 Å². The van der Waals surface area contributed by atoms with E-state index in [0.717, 1.165) is 0 Å². The molecule has 0 saturated carbocycles. The molecule has 7 heteroatoms. The lowest BCUT2D eigenvalue weighted by Crippen LogP contribution is -2.04. The predicted octanol–water partition coefficient (Wildman–Crippen LogP) is 4.42. The van der Waals surface area contributed by atoms with Gasteiger partial charge in [0.25, 0.3) is 0 Å². The van der Waals surface area contributed by atoms with Crippen LogP contribution in [0.5, 0.6) is 0 Å². The van der Waals surface area contributed by atoms with Gasteiger partial charge in [0, 0.05) is 8.95 Å². The topological polar surface area (TPSA) is 81.7 Å². The van der Waals surface area contributed by atoms with Crippen LogP contribution in [0.15, 0.2) is 61.2 Å². The van der Waals surface area contributed by atoms with E-state index < -0.39 is 14.7 Å². The van der Waals surface area contributed by atoms with Crippen LogP contribution in [0.4, 0.5) is 0 Å². The Morgan fingerprint density at radius 1 is 1.09 bits per heavy atom. The summed E-state index contributed by atoms with van der Waals surface area (Å²) < 4.78 is 26.3. The third-order valence-electron chi connectivity index (χ3n) is 2.90. The molecule has 0 aliphatic carbocycles. The predicted molar refractivity (Wildman–Crippen MR) is 93.8 cm³/mol. The number of benzene rings is 2. The Hall–Kier alpha value is -1.93. The minimum Gasteiger partial charge on any atom is -0.218 e. The number of allylic oxidation sites excluding steroid dienone is 1. The van der Waals surface area contributed by atoms with Crippen LogP contribution in [0.3, 0.4) is 0 Å². The van der Waals surface area contributed by atoms with Crippen molar-refractivity contribution in [3.8, 4) is 12.1 Å². The van der Waals surface area contributed by atoms with E-state index in [1.54, 1.807) is 36.4 Å². The van der Waals surface area contributed by atoms with Crippen LogP contribution in [-0.2, 0) is 9.84 Å². The van der Waals surface area contributed by atoms with Crippen molar-refractivity contribution in [2.24, 2.45) is 0 Å².